The van der Waals surface area contributed by atoms with Gasteiger partial charge in [-0.05, 0) is 23.3 Å². The van der Waals surface area contributed by atoms with Crippen LogP contribution in [-0.4, -0.2) is 98.9 Å². The molecule has 0 radical (unpaired) electrons. The fourth-order valence-corrected chi connectivity index (χ4v) is 7.11. The van der Waals surface area contributed by atoms with Gasteiger partial charge in [-0.15, -0.1) is 0 Å². The Morgan fingerprint density at radius 1 is 0.979 bits per heavy atom. The van der Waals surface area contributed by atoms with Crippen molar-refractivity contribution in [2.24, 2.45) is 5.92 Å². The first-order chi connectivity index (χ1) is 22.7. The molecule has 3 aromatic carbocycles. The summed E-state index contributed by atoms with van der Waals surface area (Å²) in [6.07, 6.45) is -6.03. The van der Waals surface area contributed by atoms with E-state index in [-0.39, 0.29) is 29.4 Å². The molecule has 0 bridgehead atoms. The predicted octanol–water partition coefficient (Wildman–Crippen LogP) is 1.57. The number of aliphatic hydroxyl groups is 4. The maximum atomic E-state index is 13.5. The molecule has 3 aliphatic rings. The van der Waals surface area contributed by atoms with E-state index in [1.807, 2.05) is 6.07 Å². The Labute approximate surface area is 271 Å². The first-order valence-electron chi connectivity index (χ1n) is 15.0. The van der Waals surface area contributed by atoms with Crippen molar-refractivity contribution in [3.8, 4) is 23.0 Å². The quantitative estimate of drug-likeness (QED) is 0.233. The maximum absolute atomic E-state index is 13.5. The molecule has 0 spiro atoms. The number of methoxy groups -OCH3 is 4. The molecular weight excluding hydrogens is 616 g/mol. The fraction of sp³-hybridized carbons (Fsp3) is 0.441. The lowest BCUT2D eigenvalue weighted by Crippen LogP contribution is -2.52. The molecule has 13 heteroatoms. The summed E-state index contributed by atoms with van der Waals surface area (Å²) in [5, 5.41) is 44.7. The number of carbonyl (C=O) groups excluding carboxylic acids is 1. The van der Waals surface area contributed by atoms with E-state index in [0.717, 1.165) is 0 Å². The molecule has 1 aliphatic carbocycles. The third-order valence-corrected chi connectivity index (χ3v) is 9.25. The predicted molar refractivity (Wildman–Crippen MR) is 162 cm³/mol. The molecule has 1 saturated heterocycles. The molecule has 2 fully saturated rings. The Morgan fingerprint density at radius 2 is 1.70 bits per heavy atom. The van der Waals surface area contributed by atoms with Gasteiger partial charge in [0.1, 0.15) is 41.3 Å². The first kappa shape index (κ1) is 33.0. The van der Waals surface area contributed by atoms with Crippen LogP contribution in [0.15, 0.2) is 66.7 Å². The average Bonchev–Trinajstić information content (AvgIpc) is 3.49. The van der Waals surface area contributed by atoms with Crippen molar-refractivity contribution < 1.29 is 63.1 Å². The van der Waals surface area contributed by atoms with Crippen molar-refractivity contribution in [2.45, 2.75) is 48.0 Å². The minimum Gasteiger partial charge on any atom is -0.497 e. The molecule has 0 unspecified atom stereocenters. The van der Waals surface area contributed by atoms with E-state index < -0.39 is 66.5 Å². The maximum Gasteiger partial charge on any atom is 0.312 e. The minimum absolute atomic E-state index is 0.0474. The Hall–Kier alpha value is -3.95. The van der Waals surface area contributed by atoms with Gasteiger partial charge >= 0.3 is 5.97 Å². The summed E-state index contributed by atoms with van der Waals surface area (Å²) in [6, 6.07) is 18.8. The molecule has 13 nitrogen and oxygen atoms in total. The Bertz CT molecular complexity index is 1570. The Morgan fingerprint density at radius 3 is 2.32 bits per heavy atom. The van der Waals surface area contributed by atoms with Gasteiger partial charge in [-0.25, -0.2) is 0 Å². The third-order valence-electron chi connectivity index (χ3n) is 9.25. The third kappa shape index (κ3) is 5.10. The standard InChI is InChI=1S/C34H38O13/c1-40-20-12-10-19(11-13-20)34-27(18-8-6-5-7-9-18)26(30(38)42-3)29(37)33(34,39)28-23(41-2)14-21(15-24(28)47-34)45-32-31(43-4)44-17-25(46-32)22(36)16-35/h5-15,22,25-27,29,31-32,35-37,39H,16-17H2,1-4H3/t22-,25-,26-,27-,29+,31-,32-,33+,34+/m1/s1. The minimum atomic E-state index is -2.25. The van der Waals surface area contributed by atoms with Gasteiger partial charge in [-0.3, -0.25) is 4.79 Å². The second kappa shape index (κ2) is 12.9. The van der Waals surface area contributed by atoms with Gasteiger partial charge in [0, 0.05) is 25.2 Å². The molecule has 2 heterocycles. The lowest BCUT2D eigenvalue weighted by molar-refractivity contribution is -0.324. The van der Waals surface area contributed by atoms with Gasteiger partial charge in [-0.1, -0.05) is 42.5 Å². The summed E-state index contributed by atoms with van der Waals surface area (Å²) in [5.74, 6) is -2.05. The van der Waals surface area contributed by atoms with Crippen LogP contribution in [0.5, 0.6) is 23.0 Å². The van der Waals surface area contributed by atoms with Crippen molar-refractivity contribution >= 4 is 5.97 Å². The van der Waals surface area contributed by atoms with Crippen LogP contribution in [0.25, 0.3) is 0 Å². The zero-order valence-electron chi connectivity index (χ0n) is 26.3. The van der Waals surface area contributed by atoms with E-state index in [1.54, 1.807) is 48.5 Å². The van der Waals surface area contributed by atoms with Crippen LogP contribution >= 0.6 is 0 Å². The molecule has 4 N–H and O–H groups in total. The monoisotopic (exact) mass is 654 g/mol. The molecule has 2 aliphatic heterocycles. The van der Waals surface area contributed by atoms with Gasteiger partial charge in [-0.2, -0.15) is 0 Å². The lowest BCUT2D eigenvalue weighted by Gasteiger charge is -2.40. The Balaban J connectivity index is 1.52. The van der Waals surface area contributed by atoms with Crippen molar-refractivity contribution in [1.29, 1.82) is 0 Å². The summed E-state index contributed by atoms with van der Waals surface area (Å²) in [7, 11) is 5.54. The molecule has 0 aromatic heterocycles. The van der Waals surface area contributed by atoms with Crippen LogP contribution in [0.2, 0.25) is 0 Å². The highest BCUT2D eigenvalue weighted by atomic mass is 16.8. The van der Waals surface area contributed by atoms with Crippen LogP contribution in [0.4, 0.5) is 0 Å². The average molecular weight is 655 g/mol. The van der Waals surface area contributed by atoms with Crippen LogP contribution in [0.3, 0.4) is 0 Å². The molecule has 9 atom stereocenters. The number of esters is 1. The molecule has 252 valence electrons. The second-order valence-corrected chi connectivity index (χ2v) is 11.6. The van der Waals surface area contributed by atoms with Crippen LogP contribution in [-0.2, 0) is 34.9 Å². The number of ether oxygens (including phenoxy) is 8. The van der Waals surface area contributed by atoms with Crippen molar-refractivity contribution in [1.82, 2.24) is 0 Å². The SMILES string of the molecule is COC(=O)[C@@H]1[C@@H](c2ccccc2)[C@]2(c3ccc(OC)cc3)Oc3cc(O[C@@H]4O[C@@H]([C@H](O)CO)CO[C@H]4OC)cc(OC)c3[C@]2(O)[C@H]1O. The lowest BCUT2D eigenvalue weighted by atomic mass is 9.70. The first-order valence-corrected chi connectivity index (χ1v) is 15.0. The normalized spacial score (nSPS) is 31.7. The molecule has 47 heavy (non-hydrogen) atoms. The summed E-state index contributed by atoms with van der Waals surface area (Å²) in [5.41, 5.74) is -2.88. The second-order valence-electron chi connectivity index (χ2n) is 11.6. The van der Waals surface area contributed by atoms with Gasteiger partial charge in [0.05, 0.1) is 46.0 Å². The van der Waals surface area contributed by atoms with Crippen LogP contribution in [0, 0.1) is 5.92 Å². The van der Waals surface area contributed by atoms with E-state index in [0.29, 0.717) is 16.9 Å². The van der Waals surface area contributed by atoms with Crippen LogP contribution in [0.1, 0.15) is 22.6 Å². The topological polar surface area (TPSA) is 172 Å². The molecule has 1 saturated carbocycles. The van der Waals surface area contributed by atoms with E-state index in [9.17, 15) is 25.2 Å². The van der Waals surface area contributed by atoms with Crippen molar-refractivity contribution in [3.05, 3.63) is 83.4 Å². The van der Waals surface area contributed by atoms with Gasteiger partial charge in [0.25, 0.3) is 6.29 Å². The van der Waals surface area contributed by atoms with Crippen molar-refractivity contribution in [2.75, 3.05) is 41.7 Å². The van der Waals surface area contributed by atoms with Crippen molar-refractivity contribution in [3.63, 3.8) is 0 Å². The molecule has 6 rings (SSSR count). The number of aliphatic hydroxyl groups excluding tert-OH is 3. The van der Waals surface area contributed by atoms with Gasteiger partial charge < -0.3 is 58.3 Å². The van der Waals surface area contributed by atoms with E-state index in [2.05, 4.69) is 0 Å². The van der Waals surface area contributed by atoms with Gasteiger partial charge in [0.15, 0.2) is 11.2 Å². The molecular formula is C34H38O13. The summed E-state index contributed by atoms with van der Waals surface area (Å²) in [4.78, 5) is 13.5. The number of hydrogen-bond donors (Lipinski definition) is 4. The van der Waals surface area contributed by atoms with E-state index in [4.69, 9.17) is 37.9 Å². The van der Waals surface area contributed by atoms with Gasteiger partial charge in [0.2, 0.25) is 6.29 Å². The molecule has 0 amide bonds. The summed E-state index contributed by atoms with van der Waals surface area (Å²) >= 11 is 0. The number of fused-ring (bicyclic) bond motifs is 3. The highest BCUT2D eigenvalue weighted by Crippen LogP contribution is 2.70. The number of benzene rings is 3. The fourth-order valence-electron chi connectivity index (χ4n) is 7.11. The zero-order valence-corrected chi connectivity index (χ0v) is 26.3. The highest BCUT2D eigenvalue weighted by molar-refractivity contribution is 5.78. The van der Waals surface area contributed by atoms with E-state index in [1.165, 1.54) is 40.6 Å². The van der Waals surface area contributed by atoms with Crippen LogP contribution < -0.4 is 18.9 Å². The number of carbonyl (C=O) groups is 1. The number of rotatable bonds is 10. The smallest absolute Gasteiger partial charge is 0.312 e. The van der Waals surface area contributed by atoms with E-state index >= 15 is 0 Å². The highest BCUT2D eigenvalue weighted by Gasteiger charge is 2.78. The summed E-state index contributed by atoms with van der Waals surface area (Å²) in [6.45, 7) is -0.601. The molecule has 3 aromatic rings. The summed E-state index contributed by atoms with van der Waals surface area (Å²) < 4.78 is 46.2. The Kier molecular flexibility index (Phi) is 9.06. The zero-order chi connectivity index (χ0) is 33.5. The largest absolute Gasteiger partial charge is 0.497 e. The number of hydrogen-bond acceptors (Lipinski definition) is 13.